The standard InChI is InChI=1S/C25H28F3N7O2S/c26-25(27,28)38(36,37)33-16-4-6-19-21(14-16)31-32-23(19)24-29-20-7-5-18(15-22(20)30-24)35-12-8-17(9-13-35)34-10-2-1-3-11-34/h4-7,14-15,17,33H,1-3,8-13H2,(H,29,30)(H,31,32). The van der Waals surface area contributed by atoms with E-state index in [1.807, 2.05) is 6.07 Å². The number of likely N-dealkylation sites (tertiary alicyclic amines) is 1. The summed E-state index contributed by atoms with van der Waals surface area (Å²) in [6.07, 6.45) is 6.28. The Morgan fingerprint density at radius 1 is 0.947 bits per heavy atom. The Labute approximate surface area is 217 Å². The first-order valence-corrected chi connectivity index (χ1v) is 14.2. The van der Waals surface area contributed by atoms with Gasteiger partial charge in [0.1, 0.15) is 5.69 Å². The molecule has 6 rings (SSSR count). The van der Waals surface area contributed by atoms with Gasteiger partial charge in [-0.2, -0.15) is 26.7 Å². The average Bonchev–Trinajstić information content (AvgIpc) is 3.51. The third kappa shape index (κ3) is 4.68. The van der Waals surface area contributed by atoms with E-state index in [1.54, 1.807) is 4.72 Å². The number of hydrogen-bond acceptors (Lipinski definition) is 6. The van der Waals surface area contributed by atoms with Crippen LogP contribution in [0.3, 0.4) is 0 Å². The van der Waals surface area contributed by atoms with E-state index in [0.29, 0.717) is 28.5 Å². The number of hydrogen-bond donors (Lipinski definition) is 3. The van der Waals surface area contributed by atoms with Crippen LogP contribution < -0.4 is 9.62 Å². The van der Waals surface area contributed by atoms with Crippen molar-refractivity contribution in [1.29, 1.82) is 0 Å². The van der Waals surface area contributed by atoms with Crippen LogP contribution in [0.4, 0.5) is 24.5 Å². The Bertz CT molecular complexity index is 1570. The molecule has 202 valence electrons. The first-order valence-electron chi connectivity index (χ1n) is 12.7. The van der Waals surface area contributed by atoms with E-state index >= 15 is 0 Å². The summed E-state index contributed by atoms with van der Waals surface area (Å²) in [6.45, 7) is 4.47. The van der Waals surface area contributed by atoms with Gasteiger partial charge in [0, 0.05) is 30.2 Å². The number of anilines is 2. The average molecular weight is 548 g/mol. The maximum absolute atomic E-state index is 12.7. The summed E-state index contributed by atoms with van der Waals surface area (Å²) < 4.78 is 62.6. The number of piperidine rings is 2. The van der Waals surface area contributed by atoms with E-state index in [0.717, 1.165) is 42.7 Å². The number of benzene rings is 2. The van der Waals surface area contributed by atoms with Gasteiger partial charge in [0.05, 0.1) is 22.2 Å². The predicted octanol–water partition coefficient (Wildman–Crippen LogP) is 4.82. The summed E-state index contributed by atoms with van der Waals surface area (Å²) in [6, 6.07) is 10.9. The lowest BCUT2D eigenvalue weighted by Crippen LogP contribution is -2.46. The van der Waals surface area contributed by atoms with Crippen LogP contribution in [0.5, 0.6) is 0 Å². The highest BCUT2D eigenvalue weighted by molar-refractivity contribution is 7.93. The molecule has 9 nitrogen and oxygen atoms in total. The summed E-state index contributed by atoms with van der Waals surface area (Å²) in [7, 11) is -5.51. The van der Waals surface area contributed by atoms with Crippen molar-refractivity contribution in [2.24, 2.45) is 0 Å². The second-order valence-corrected chi connectivity index (χ2v) is 11.7. The number of alkyl halides is 3. The number of sulfonamides is 1. The molecule has 38 heavy (non-hydrogen) atoms. The highest BCUT2D eigenvalue weighted by atomic mass is 32.2. The molecule has 2 aliphatic rings. The zero-order valence-electron chi connectivity index (χ0n) is 20.6. The molecule has 2 saturated heterocycles. The fourth-order valence-corrected chi connectivity index (χ4v) is 6.11. The van der Waals surface area contributed by atoms with Crippen LogP contribution in [0, 0.1) is 0 Å². The SMILES string of the molecule is O=S(=O)(Nc1ccc2c(-c3nc4ccc(N5CCC(N6CCCCC6)CC5)cc4[nH]3)n[nH]c2c1)C(F)(F)F. The lowest BCUT2D eigenvalue weighted by molar-refractivity contribution is -0.0429. The van der Waals surface area contributed by atoms with Crippen molar-refractivity contribution in [3.05, 3.63) is 36.4 Å². The number of nitrogens with one attached hydrogen (secondary N) is 3. The van der Waals surface area contributed by atoms with E-state index in [-0.39, 0.29) is 5.69 Å². The van der Waals surface area contributed by atoms with Crippen LogP contribution in [-0.4, -0.2) is 71.2 Å². The molecule has 4 aromatic rings. The van der Waals surface area contributed by atoms with E-state index in [4.69, 9.17) is 0 Å². The smallest absolute Gasteiger partial charge is 0.371 e. The summed E-state index contributed by atoms with van der Waals surface area (Å²) in [4.78, 5) is 13.0. The lowest BCUT2D eigenvalue weighted by atomic mass is 9.99. The van der Waals surface area contributed by atoms with Crippen LogP contribution >= 0.6 is 0 Å². The largest absolute Gasteiger partial charge is 0.516 e. The molecule has 2 aromatic heterocycles. The molecule has 2 aliphatic heterocycles. The Hall–Kier alpha value is -3.32. The highest BCUT2D eigenvalue weighted by Gasteiger charge is 2.46. The third-order valence-corrected chi connectivity index (χ3v) is 8.66. The number of fused-ring (bicyclic) bond motifs is 2. The molecule has 13 heteroatoms. The van der Waals surface area contributed by atoms with Crippen LogP contribution in [0.15, 0.2) is 36.4 Å². The maximum Gasteiger partial charge on any atom is 0.516 e. The van der Waals surface area contributed by atoms with Gasteiger partial charge in [0.15, 0.2) is 5.82 Å². The molecule has 0 bridgehead atoms. The molecule has 2 fully saturated rings. The zero-order chi connectivity index (χ0) is 26.5. The van der Waals surface area contributed by atoms with Crippen molar-refractivity contribution in [3.8, 4) is 11.5 Å². The number of halogens is 3. The van der Waals surface area contributed by atoms with Gasteiger partial charge in [-0.05, 0) is 75.2 Å². The minimum atomic E-state index is -5.51. The molecule has 2 aromatic carbocycles. The van der Waals surface area contributed by atoms with Gasteiger partial charge < -0.3 is 14.8 Å². The van der Waals surface area contributed by atoms with E-state index in [1.165, 1.54) is 50.6 Å². The quantitative estimate of drug-likeness (QED) is 0.331. The molecule has 0 saturated carbocycles. The monoisotopic (exact) mass is 547 g/mol. The van der Waals surface area contributed by atoms with Crippen molar-refractivity contribution in [3.63, 3.8) is 0 Å². The number of aromatic amines is 2. The van der Waals surface area contributed by atoms with Gasteiger partial charge in [-0.1, -0.05) is 6.42 Å². The van der Waals surface area contributed by atoms with Crippen LogP contribution in [0.1, 0.15) is 32.1 Å². The van der Waals surface area contributed by atoms with E-state index in [2.05, 4.69) is 42.1 Å². The maximum atomic E-state index is 12.7. The van der Waals surface area contributed by atoms with Gasteiger partial charge in [-0.15, -0.1) is 0 Å². The van der Waals surface area contributed by atoms with Crippen molar-refractivity contribution >= 4 is 43.3 Å². The number of rotatable bonds is 5. The molecule has 0 aliphatic carbocycles. The third-order valence-electron chi connectivity index (χ3n) is 7.55. The zero-order valence-corrected chi connectivity index (χ0v) is 21.4. The van der Waals surface area contributed by atoms with Crippen LogP contribution in [0.25, 0.3) is 33.5 Å². The molecule has 3 N–H and O–H groups in total. The molecule has 0 spiro atoms. The first-order chi connectivity index (χ1) is 18.2. The van der Waals surface area contributed by atoms with Crippen molar-refractivity contribution in [2.45, 2.75) is 43.7 Å². The molecule has 0 unspecified atom stereocenters. The molecular formula is C25H28F3N7O2S. The number of aromatic nitrogens is 4. The minimum Gasteiger partial charge on any atom is -0.371 e. The summed E-state index contributed by atoms with van der Waals surface area (Å²) in [5.74, 6) is 0.510. The van der Waals surface area contributed by atoms with Gasteiger partial charge in [0.2, 0.25) is 0 Å². The molecule has 0 atom stereocenters. The molecule has 0 amide bonds. The van der Waals surface area contributed by atoms with Crippen LogP contribution in [0.2, 0.25) is 0 Å². The fourth-order valence-electron chi connectivity index (χ4n) is 5.56. The van der Waals surface area contributed by atoms with Crippen molar-refractivity contribution in [2.75, 3.05) is 35.8 Å². The van der Waals surface area contributed by atoms with Gasteiger partial charge in [-0.3, -0.25) is 9.82 Å². The van der Waals surface area contributed by atoms with Crippen molar-refractivity contribution in [1.82, 2.24) is 25.1 Å². The highest BCUT2D eigenvalue weighted by Crippen LogP contribution is 2.32. The number of nitrogens with zero attached hydrogens (tertiary/aromatic N) is 4. The summed E-state index contributed by atoms with van der Waals surface area (Å²) >= 11 is 0. The topological polar surface area (TPSA) is 110 Å². The fraction of sp³-hybridized carbons (Fsp3) is 0.440. The number of imidazole rings is 1. The van der Waals surface area contributed by atoms with Gasteiger partial charge in [-0.25, -0.2) is 4.98 Å². The van der Waals surface area contributed by atoms with Crippen LogP contribution in [-0.2, 0) is 10.0 Å². The number of H-pyrrole nitrogens is 2. The predicted molar refractivity (Wildman–Crippen MR) is 140 cm³/mol. The Morgan fingerprint density at radius 3 is 2.45 bits per heavy atom. The Balaban J connectivity index is 1.20. The second kappa shape index (κ2) is 9.45. The molecular weight excluding hydrogens is 519 g/mol. The van der Waals surface area contributed by atoms with Gasteiger partial charge >= 0.3 is 15.5 Å². The lowest BCUT2D eigenvalue weighted by Gasteiger charge is -2.41. The van der Waals surface area contributed by atoms with E-state index < -0.39 is 15.5 Å². The first kappa shape index (κ1) is 25.0. The Kier molecular flexibility index (Phi) is 6.22. The van der Waals surface area contributed by atoms with Crippen molar-refractivity contribution < 1.29 is 21.6 Å². The van der Waals surface area contributed by atoms with Gasteiger partial charge in [0.25, 0.3) is 0 Å². The Morgan fingerprint density at radius 2 is 1.71 bits per heavy atom. The second-order valence-electron chi connectivity index (χ2n) is 9.99. The minimum absolute atomic E-state index is 0.219. The normalized spacial score (nSPS) is 18.4. The molecule has 0 radical (unpaired) electrons. The molecule has 4 heterocycles. The summed E-state index contributed by atoms with van der Waals surface area (Å²) in [5.41, 5.74) is -1.98. The summed E-state index contributed by atoms with van der Waals surface area (Å²) in [5, 5.41) is 7.63. The van der Waals surface area contributed by atoms with E-state index in [9.17, 15) is 21.6 Å².